The van der Waals surface area contributed by atoms with E-state index in [-0.39, 0.29) is 0 Å². The molecule has 0 aliphatic heterocycles. The Balaban J connectivity index is 2.55. The second-order valence-electron chi connectivity index (χ2n) is 2.73. The zero-order valence-corrected chi connectivity index (χ0v) is 7.95. The Morgan fingerprint density at radius 2 is 2.46 bits per heavy atom. The van der Waals surface area contributed by atoms with E-state index in [9.17, 15) is 0 Å². The van der Waals surface area contributed by atoms with Crippen LogP contribution in [0.4, 0.5) is 0 Å². The van der Waals surface area contributed by atoms with Crippen molar-refractivity contribution in [2.75, 3.05) is 6.54 Å². The van der Waals surface area contributed by atoms with Gasteiger partial charge < -0.3 is 10.3 Å². The van der Waals surface area contributed by atoms with E-state index in [4.69, 9.17) is 5.73 Å². The second-order valence-corrected chi connectivity index (χ2v) is 2.73. The Morgan fingerprint density at radius 3 is 3.15 bits per heavy atom. The summed E-state index contributed by atoms with van der Waals surface area (Å²) < 4.78 is 2.02. The van der Waals surface area contributed by atoms with Crippen LogP contribution in [0.3, 0.4) is 0 Å². The quantitative estimate of drug-likeness (QED) is 0.553. The topological polar surface area (TPSA) is 43.8 Å². The molecule has 3 nitrogen and oxygen atoms in total. The minimum Gasteiger partial charge on any atom is -0.330 e. The summed E-state index contributed by atoms with van der Waals surface area (Å²) in [6.45, 7) is 3.70. The van der Waals surface area contributed by atoms with Gasteiger partial charge in [-0.3, -0.25) is 0 Å². The van der Waals surface area contributed by atoms with Crippen LogP contribution in [0, 0.1) is 11.8 Å². The van der Waals surface area contributed by atoms with E-state index in [2.05, 4.69) is 23.7 Å². The number of rotatable bonds is 3. The number of hydrogen-bond acceptors (Lipinski definition) is 2. The van der Waals surface area contributed by atoms with Crippen molar-refractivity contribution < 1.29 is 0 Å². The van der Waals surface area contributed by atoms with Crippen molar-refractivity contribution in [1.82, 2.24) is 9.55 Å². The average molecular weight is 177 g/mol. The normalized spacial score (nSPS) is 9.38. The molecule has 0 bridgehead atoms. The van der Waals surface area contributed by atoms with Gasteiger partial charge in [0.15, 0.2) is 5.82 Å². The molecular weight excluding hydrogens is 162 g/mol. The Hall–Kier alpha value is -1.27. The van der Waals surface area contributed by atoms with Gasteiger partial charge in [-0.2, -0.15) is 0 Å². The Morgan fingerprint density at radius 1 is 1.62 bits per heavy atom. The van der Waals surface area contributed by atoms with E-state index < -0.39 is 0 Å². The van der Waals surface area contributed by atoms with Crippen LogP contribution in [-0.2, 0) is 6.54 Å². The number of aromatic nitrogens is 2. The second kappa shape index (κ2) is 5.39. The number of nitrogens with two attached hydrogens (primary N) is 1. The molecule has 0 unspecified atom stereocenters. The van der Waals surface area contributed by atoms with Crippen molar-refractivity contribution in [1.29, 1.82) is 0 Å². The molecule has 1 heterocycles. The Bertz CT molecular complexity index is 303. The molecule has 0 radical (unpaired) electrons. The fraction of sp³-hybridized carbons (Fsp3) is 0.500. The first-order chi connectivity index (χ1) is 6.38. The Labute approximate surface area is 79.0 Å². The van der Waals surface area contributed by atoms with Crippen LogP contribution in [0.15, 0.2) is 12.4 Å². The van der Waals surface area contributed by atoms with Crippen LogP contribution in [-0.4, -0.2) is 16.1 Å². The number of aryl methyl sites for hydroxylation is 1. The van der Waals surface area contributed by atoms with Gasteiger partial charge in [-0.25, -0.2) is 4.98 Å². The summed E-state index contributed by atoms with van der Waals surface area (Å²) in [5.74, 6) is 6.92. The van der Waals surface area contributed by atoms with Crippen LogP contribution in [0.1, 0.15) is 25.6 Å². The van der Waals surface area contributed by atoms with Gasteiger partial charge in [-0.1, -0.05) is 5.92 Å². The van der Waals surface area contributed by atoms with Crippen molar-refractivity contribution >= 4 is 0 Å². The van der Waals surface area contributed by atoms with E-state index in [1.165, 1.54) is 0 Å². The number of imidazole rings is 1. The maximum Gasteiger partial charge on any atom is 0.185 e. The third-order valence-corrected chi connectivity index (χ3v) is 1.76. The molecule has 0 aliphatic carbocycles. The van der Waals surface area contributed by atoms with Crippen LogP contribution < -0.4 is 5.73 Å². The van der Waals surface area contributed by atoms with Gasteiger partial charge in [0.25, 0.3) is 0 Å². The van der Waals surface area contributed by atoms with Crippen LogP contribution in [0.25, 0.3) is 0 Å². The highest BCUT2D eigenvalue weighted by Crippen LogP contribution is 1.94. The average Bonchev–Trinajstić information content (AvgIpc) is 2.60. The molecule has 0 fully saturated rings. The maximum atomic E-state index is 5.36. The lowest BCUT2D eigenvalue weighted by Crippen LogP contribution is -1.97. The highest BCUT2D eigenvalue weighted by atomic mass is 15.0. The minimum atomic E-state index is 0.705. The predicted molar refractivity (Wildman–Crippen MR) is 53.1 cm³/mol. The van der Waals surface area contributed by atoms with E-state index in [0.717, 1.165) is 25.2 Å². The van der Waals surface area contributed by atoms with Gasteiger partial charge >= 0.3 is 0 Å². The molecule has 70 valence electrons. The zero-order valence-electron chi connectivity index (χ0n) is 7.95. The van der Waals surface area contributed by atoms with Crippen molar-refractivity contribution in [2.24, 2.45) is 5.73 Å². The smallest absolute Gasteiger partial charge is 0.185 e. The molecule has 0 amide bonds. The van der Waals surface area contributed by atoms with E-state index in [1.54, 1.807) is 6.20 Å². The summed E-state index contributed by atoms with van der Waals surface area (Å²) in [7, 11) is 0. The summed E-state index contributed by atoms with van der Waals surface area (Å²) in [5.41, 5.74) is 5.36. The summed E-state index contributed by atoms with van der Waals surface area (Å²) >= 11 is 0. The SMILES string of the molecule is CCn1ccnc1C#CCCCN. The van der Waals surface area contributed by atoms with Gasteiger partial charge in [-0.05, 0) is 25.8 Å². The van der Waals surface area contributed by atoms with Gasteiger partial charge in [0, 0.05) is 25.4 Å². The van der Waals surface area contributed by atoms with Crippen molar-refractivity contribution in [3.8, 4) is 11.8 Å². The summed E-state index contributed by atoms with van der Waals surface area (Å²) in [6, 6.07) is 0. The van der Waals surface area contributed by atoms with E-state index in [1.807, 2.05) is 10.8 Å². The summed E-state index contributed by atoms with van der Waals surface area (Å²) in [4.78, 5) is 4.14. The first-order valence-electron chi connectivity index (χ1n) is 4.58. The highest BCUT2D eigenvalue weighted by molar-refractivity contribution is 5.21. The third kappa shape index (κ3) is 2.92. The molecule has 0 saturated heterocycles. The monoisotopic (exact) mass is 177 g/mol. The van der Waals surface area contributed by atoms with Crippen LogP contribution >= 0.6 is 0 Å². The third-order valence-electron chi connectivity index (χ3n) is 1.76. The van der Waals surface area contributed by atoms with Crippen molar-refractivity contribution in [2.45, 2.75) is 26.3 Å². The zero-order chi connectivity index (χ0) is 9.52. The molecule has 1 aromatic heterocycles. The van der Waals surface area contributed by atoms with Gasteiger partial charge in [0.2, 0.25) is 0 Å². The molecule has 3 heteroatoms. The molecule has 1 rings (SSSR count). The standard InChI is InChI=1S/C10H15N3/c1-2-13-9-8-12-10(13)6-4-3-5-7-11/h8-9H,2-3,5,7,11H2,1H3. The first-order valence-corrected chi connectivity index (χ1v) is 4.58. The molecule has 0 aliphatic rings. The number of unbranched alkanes of at least 4 members (excludes halogenated alkanes) is 1. The van der Waals surface area contributed by atoms with Crippen molar-refractivity contribution in [3.63, 3.8) is 0 Å². The molecule has 2 N–H and O–H groups in total. The first kappa shape index (κ1) is 9.82. The van der Waals surface area contributed by atoms with Crippen LogP contribution in [0.5, 0.6) is 0 Å². The molecule has 0 aromatic carbocycles. The summed E-state index contributed by atoms with van der Waals surface area (Å²) in [5, 5.41) is 0. The Kier molecular flexibility index (Phi) is 4.07. The fourth-order valence-corrected chi connectivity index (χ4v) is 1.02. The molecule has 1 aromatic rings. The largest absolute Gasteiger partial charge is 0.330 e. The van der Waals surface area contributed by atoms with E-state index in [0.29, 0.717) is 6.54 Å². The predicted octanol–water partition coefficient (Wildman–Crippen LogP) is 0.993. The lowest BCUT2D eigenvalue weighted by molar-refractivity contribution is 0.750. The molecule has 0 spiro atoms. The van der Waals surface area contributed by atoms with E-state index >= 15 is 0 Å². The van der Waals surface area contributed by atoms with Crippen molar-refractivity contribution in [3.05, 3.63) is 18.2 Å². The molecule has 13 heavy (non-hydrogen) atoms. The number of nitrogens with zero attached hydrogens (tertiary/aromatic N) is 2. The number of hydrogen-bond donors (Lipinski definition) is 1. The van der Waals surface area contributed by atoms with Gasteiger partial charge in [0.1, 0.15) is 0 Å². The molecule has 0 saturated carbocycles. The maximum absolute atomic E-state index is 5.36. The molecular formula is C10H15N3. The molecule has 0 atom stereocenters. The lowest BCUT2D eigenvalue weighted by Gasteiger charge is -1.95. The van der Waals surface area contributed by atoms with Crippen LogP contribution in [0.2, 0.25) is 0 Å². The summed E-state index contributed by atoms with van der Waals surface area (Å²) in [6.07, 6.45) is 5.52. The minimum absolute atomic E-state index is 0.705. The fourth-order valence-electron chi connectivity index (χ4n) is 1.02. The lowest BCUT2D eigenvalue weighted by atomic mass is 10.3. The highest BCUT2D eigenvalue weighted by Gasteiger charge is 1.93. The van der Waals surface area contributed by atoms with Gasteiger partial charge in [-0.15, -0.1) is 0 Å². The van der Waals surface area contributed by atoms with Gasteiger partial charge in [0.05, 0.1) is 0 Å².